The van der Waals surface area contributed by atoms with Crippen LogP contribution < -0.4 is 9.64 Å². The summed E-state index contributed by atoms with van der Waals surface area (Å²) in [5.41, 5.74) is 3.35. The van der Waals surface area contributed by atoms with E-state index in [2.05, 4.69) is 45.2 Å². The van der Waals surface area contributed by atoms with Gasteiger partial charge in [0.05, 0.1) is 13.2 Å². The predicted octanol–water partition coefficient (Wildman–Crippen LogP) is 4.26. The summed E-state index contributed by atoms with van der Waals surface area (Å²) in [6, 6.07) is 12.6. The summed E-state index contributed by atoms with van der Waals surface area (Å²) in [7, 11) is 1.71. The normalized spacial score (nSPS) is 17.0. The first-order valence-electron chi connectivity index (χ1n) is 8.42. The third-order valence-corrected chi connectivity index (χ3v) is 5.58. The van der Waals surface area contributed by atoms with Gasteiger partial charge in [-0.25, -0.2) is 0 Å². The fourth-order valence-electron chi connectivity index (χ4n) is 3.38. The van der Waals surface area contributed by atoms with Gasteiger partial charge >= 0.3 is 0 Å². The molecule has 3 aromatic rings. The first-order valence-corrected chi connectivity index (χ1v) is 9.24. The highest BCUT2D eigenvalue weighted by molar-refractivity contribution is 7.18. The van der Waals surface area contributed by atoms with Gasteiger partial charge in [-0.2, -0.15) is 0 Å². The van der Waals surface area contributed by atoms with E-state index in [1.165, 1.54) is 11.1 Å². The Labute approximate surface area is 151 Å². The summed E-state index contributed by atoms with van der Waals surface area (Å²) in [6.07, 6.45) is 4.08. The summed E-state index contributed by atoms with van der Waals surface area (Å²) < 4.78 is 5.39. The third kappa shape index (κ3) is 3.09. The molecule has 0 N–H and O–H groups in total. The molecule has 1 atom stereocenters. The number of pyridine rings is 1. The first kappa shape index (κ1) is 16.0. The second kappa shape index (κ2) is 6.80. The van der Waals surface area contributed by atoms with E-state index in [0.717, 1.165) is 41.0 Å². The van der Waals surface area contributed by atoms with Crippen molar-refractivity contribution in [3.63, 3.8) is 0 Å². The minimum Gasteiger partial charge on any atom is -0.496 e. The molecule has 1 aliphatic heterocycles. The number of hydrogen-bond donors (Lipinski definition) is 0. The van der Waals surface area contributed by atoms with Crippen molar-refractivity contribution < 1.29 is 4.74 Å². The highest BCUT2D eigenvalue weighted by Crippen LogP contribution is 2.39. The molecule has 0 aliphatic carbocycles. The van der Waals surface area contributed by atoms with E-state index in [4.69, 9.17) is 4.74 Å². The highest BCUT2D eigenvalue weighted by atomic mass is 32.1. The largest absolute Gasteiger partial charge is 0.496 e. The summed E-state index contributed by atoms with van der Waals surface area (Å²) in [6.45, 7) is 3.10. The molecule has 1 fully saturated rings. The van der Waals surface area contributed by atoms with Crippen LogP contribution in [0.1, 0.15) is 30.0 Å². The van der Waals surface area contributed by atoms with Crippen molar-refractivity contribution in [3.8, 4) is 16.5 Å². The minimum absolute atomic E-state index is 0.342. The fraction of sp³-hybridized carbons (Fsp3) is 0.316. The standard InChI is InChI=1S/C19H20N4OS/c1-13-12-14(8-9-17(13)24-2)16-7-5-11-23(16)19-22-21-18(25-19)15-6-3-4-10-20-15/h3-4,6,8-10,12,16H,5,7,11H2,1-2H3/t16-/m0/s1. The second-order valence-electron chi connectivity index (χ2n) is 6.19. The van der Waals surface area contributed by atoms with E-state index in [-0.39, 0.29) is 0 Å². The Morgan fingerprint density at radius 1 is 1.20 bits per heavy atom. The number of hydrogen-bond acceptors (Lipinski definition) is 6. The molecule has 25 heavy (non-hydrogen) atoms. The van der Waals surface area contributed by atoms with Crippen LogP contribution in [0.4, 0.5) is 5.13 Å². The number of methoxy groups -OCH3 is 1. The van der Waals surface area contributed by atoms with E-state index in [1.54, 1.807) is 24.6 Å². The average molecular weight is 352 g/mol. The minimum atomic E-state index is 0.342. The Morgan fingerprint density at radius 3 is 2.88 bits per heavy atom. The fourth-order valence-corrected chi connectivity index (χ4v) is 4.27. The van der Waals surface area contributed by atoms with E-state index in [9.17, 15) is 0 Å². The first-order chi connectivity index (χ1) is 12.3. The van der Waals surface area contributed by atoms with Crippen molar-refractivity contribution in [2.75, 3.05) is 18.6 Å². The molecule has 0 amide bonds. The molecule has 1 saturated heterocycles. The van der Waals surface area contributed by atoms with Gasteiger partial charge in [-0.15, -0.1) is 10.2 Å². The molecule has 1 aliphatic rings. The van der Waals surface area contributed by atoms with Crippen molar-refractivity contribution in [1.29, 1.82) is 0 Å². The van der Waals surface area contributed by atoms with Gasteiger partial charge in [0.25, 0.3) is 0 Å². The summed E-state index contributed by atoms with van der Waals surface area (Å²) in [5, 5.41) is 10.6. The van der Waals surface area contributed by atoms with E-state index < -0.39 is 0 Å². The monoisotopic (exact) mass is 352 g/mol. The lowest BCUT2D eigenvalue weighted by Gasteiger charge is -2.24. The summed E-state index contributed by atoms with van der Waals surface area (Å²) >= 11 is 1.61. The van der Waals surface area contributed by atoms with Crippen molar-refractivity contribution in [2.24, 2.45) is 0 Å². The Morgan fingerprint density at radius 2 is 2.12 bits per heavy atom. The molecule has 0 radical (unpaired) electrons. The van der Waals surface area contributed by atoms with Gasteiger partial charge in [0, 0.05) is 12.7 Å². The maximum atomic E-state index is 5.39. The van der Waals surface area contributed by atoms with Gasteiger partial charge in [-0.3, -0.25) is 4.98 Å². The number of aryl methyl sites for hydroxylation is 1. The second-order valence-corrected chi connectivity index (χ2v) is 7.14. The van der Waals surface area contributed by atoms with Crippen molar-refractivity contribution in [3.05, 3.63) is 53.7 Å². The van der Waals surface area contributed by atoms with Crippen LogP contribution in [-0.4, -0.2) is 28.8 Å². The van der Waals surface area contributed by atoms with Gasteiger partial charge in [0.1, 0.15) is 11.4 Å². The molecule has 3 heterocycles. The van der Waals surface area contributed by atoms with Gasteiger partial charge in [0.15, 0.2) is 5.01 Å². The lowest BCUT2D eigenvalue weighted by molar-refractivity contribution is 0.411. The lowest BCUT2D eigenvalue weighted by Crippen LogP contribution is -2.22. The third-order valence-electron chi connectivity index (χ3n) is 4.60. The molecule has 5 nitrogen and oxygen atoms in total. The zero-order valence-electron chi connectivity index (χ0n) is 14.3. The number of rotatable bonds is 4. The van der Waals surface area contributed by atoms with Crippen LogP contribution in [0, 0.1) is 6.92 Å². The van der Waals surface area contributed by atoms with Gasteiger partial charge in [-0.05, 0) is 49.1 Å². The van der Waals surface area contributed by atoms with Crippen LogP contribution in [0.25, 0.3) is 10.7 Å². The Bertz CT molecular complexity index is 865. The molecule has 2 aromatic heterocycles. The molecule has 0 saturated carbocycles. The van der Waals surface area contributed by atoms with Crippen LogP contribution >= 0.6 is 11.3 Å². The van der Waals surface area contributed by atoms with Crippen LogP contribution in [0.2, 0.25) is 0 Å². The lowest BCUT2D eigenvalue weighted by atomic mass is 10.0. The SMILES string of the molecule is COc1ccc([C@@H]2CCCN2c2nnc(-c3ccccn3)s2)cc1C. The summed E-state index contributed by atoms with van der Waals surface area (Å²) in [4.78, 5) is 6.74. The van der Waals surface area contributed by atoms with E-state index in [1.807, 2.05) is 18.2 Å². The number of nitrogens with zero attached hydrogens (tertiary/aromatic N) is 4. The molecule has 1 aromatic carbocycles. The predicted molar refractivity (Wildman–Crippen MR) is 100 cm³/mol. The number of aromatic nitrogens is 3. The Hall–Kier alpha value is -2.47. The molecular formula is C19H20N4OS. The van der Waals surface area contributed by atoms with Crippen LogP contribution in [0.3, 0.4) is 0 Å². The smallest absolute Gasteiger partial charge is 0.209 e. The van der Waals surface area contributed by atoms with Gasteiger partial charge in [0.2, 0.25) is 5.13 Å². The molecule has 0 spiro atoms. The molecule has 4 rings (SSSR count). The number of anilines is 1. The van der Waals surface area contributed by atoms with Gasteiger partial charge in [-0.1, -0.05) is 29.5 Å². The number of benzene rings is 1. The Kier molecular flexibility index (Phi) is 4.36. The number of ether oxygens (including phenoxy) is 1. The van der Waals surface area contributed by atoms with Crippen molar-refractivity contribution in [1.82, 2.24) is 15.2 Å². The van der Waals surface area contributed by atoms with Crippen molar-refractivity contribution in [2.45, 2.75) is 25.8 Å². The highest BCUT2D eigenvalue weighted by Gasteiger charge is 2.29. The van der Waals surface area contributed by atoms with Crippen LogP contribution in [0.15, 0.2) is 42.6 Å². The summed E-state index contributed by atoms with van der Waals surface area (Å²) in [5.74, 6) is 0.932. The Balaban J connectivity index is 1.62. The van der Waals surface area contributed by atoms with E-state index in [0.29, 0.717) is 6.04 Å². The zero-order valence-corrected chi connectivity index (χ0v) is 15.2. The van der Waals surface area contributed by atoms with E-state index >= 15 is 0 Å². The zero-order chi connectivity index (χ0) is 17.2. The molecule has 0 unspecified atom stereocenters. The topological polar surface area (TPSA) is 51.1 Å². The quantitative estimate of drug-likeness (QED) is 0.702. The molecular weight excluding hydrogens is 332 g/mol. The molecule has 6 heteroatoms. The van der Waals surface area contributed by atoms with Gasteiger partial charge < -0.3 is 9.64 Å². The molecule has 128 valence electrons. The maximum Gasteiger partial charge on any atom is 0.209 e. The van der Waals surface area contributed by atoms with Crippen LogP contribution in [0.5, 0.6) is 5.75 Å². The van der Waals surface area contributed by atoms with Crippen molar-refractivity contribution >= 4 is 16.5 Å². The maximum absolute atomic E-state index is 5.39. The van der Waals surface area contributed by atoms with Crippen LogP contribution in [-0.2, 0) is 0 Å². The average Bonchev–Trinajstić information content (AvgIpc) is 3.31. The molecule has 0 bridgehead atoms.